The van der Waals surface area contributed by atoms with Gasteiger partial charge in [-0.15, -0.1) is 0 Å². The van der Waals surface area contributed by atoms with Crippen LogP contribution in [-0.2, 0) is 14.3 Å². The second-order valence-corrected chi connectivity index (χ2v) is 3.33. The predicted octanol–water partition coefficient (Wildman–Crippen LogP) is -0.208. The molecule has 0 fully saturated rings. The summed E-state index contributed by atoms with van der Waals surface area (Å²) in [6.45, 7) is 3.41. The van der Waals surface area contributed by atoms with Gasteiger partial charge in [0.15, 0.2) is 0 Å². The molecule has 0 aliphatic carbocycles. The summed E-state index contributed by atoms with van der Waals surface area (Å²) < 4.78 is 4.46. The third-order valence-electron chi connectivity index (χ3n) is 1.76. The molecule has 0 saturated carbocycles. The fourth-order valence-corrected chi connectivity index (χ4v) is 0.908. The Hall–Kier alpha value is -1.10. The molecule has 5 heteroatoms. The van der Waals surface area contributed by atoms with Crippen LogP contribution in [0.5, 0.6) is 0 Å². The maximum Gasteiger partial charge on any atom is 0.328 e. The van der Waals surface area contributed by atoms with E-state index >= 15 is 0 Å². The van der Waals surface area contributed by atoms with Crippen LogP contribution in [0.15, 0.2) is 0 Å². The van der Waals surface area contributed by atoms with Crippen molar-refractivity contribution >= 4 is 11.9 Å². The van der Waals surface area contributed by atoms with E-state index in [1.165, 1.54) is 7.11 Å². The number of carbonyl (C=O) groups is 2. The van der Waals surface area contributed by atoms with E-state index in [0.29, 0.717) is 12.8 Å². The number of carbonyl (C=O) groups excluding carboxylic acids is 2. The van der Waals surface area contributed by atoms with Crippen LogP contribution >= 0.6 is 0 Å². The molecule has 0 aromatic carbocycles. The van der Waals surface area contributed by atoms with Crippen LogP contribution < -0.4 is 11.1 Å². The van der Waals surface area contributed by atoms with Gasteiger partial charge in [0.05, 0.1) is 7.11 Å². The maximum atomic E-state index is 11.2. The molecule has 0 heterocycles. The van der Waals surface area contributed by atoms with Gasteiger partial charge in [-0.1, -0.05) is 0 Å². The summed E-state index contributed by atoms with van der Waals surface area (Å²) in [5.41, 5.74) is 5.49. The number of methoxy groups -OCH3 is 1. The largest absolute Gasteiger partial charge is 0.467 e. The van der Waals surface area contributed by atoms with Gasteiger partial charge in [0.1, 0.15) is 6.04 Å². The van der Waals surface area contributed by atoms with Crippen LogP contribution in [0.25, 0.3) is 0 Å². The molecule has 0 aliphatic heterocycles. The lowest BCUT2D eigenvalue weighted by Crippen LogP contribution is -2.39. The predicted molar refractivity (Wildman–Crippen MR) is 52.5 cm³/mol. The third-order valence-corrected chi connectivity index (χ3v) is 1.76. The highest BCUT2D eigenvalue weighted by Gasteiger charge is 2.15. The first-order valence-electron chi connectivity index (χ1n) is 4.60. The number of amides is 1. The van der Waals surface area contributed by atoms with Gasteiger partial charge in [-0.3, -0.25) is 4.79 Å². The summed E-state index contributed by atoms with van der Waals surface area (Å²) in [5, 5.41) is 2.52. The number of nitrogens with one attached hydrogen (secondary N) is 1. The Kier molecular flexibility index (Phi) is 5.87. The molecule has 0 spiro atoms. The number of nitrogens with two attached hydrogens (primary N) is 1. The van der Waals surface area contributed by atoms with Crippen molar-refractivity contribution in [2.45, 2.75) is 38.8 Å². The van der Waals surface area contributed by atoms with Crippen molar-refractivity contribution in [3.05, 3.63) is 0 Å². The van der Waals surface area contributed by atoms with Gasteiger partial charge >= 0.3 is 5.97 Å². The van der Waals surface area contributed by atoms with Crippen LogP contribution in [0.2, 0.25) is 0 Å². The Balaban J connectivity index is 3.77. The van der Waals surface area contributed by atoms with E-state index in [2.05, 4.69) is 10.1 Å². The van der Waals surface area contributed by atoms with Crippen molar-refractivity contribution in [3.63, 3.8) is 0 Å². The van der Waals surface area contributed by atoms with Gasteiger partial charge in [0.25, 0.3) is 0 Å². The third kappa shape index (κ3) is 5.53. The van der Waals surface area contributed by atoms with Crippen molar-refractivity contribution in [1.82, 2.24) is 5.32 Å². The first-order chi connectivity index (χ1) is 6.47. The molecule has 82 valence electrons. The first kappa shape index (κ1) is 12.9. The topological polar surface area (TPSA) is 81.4 Å². The number of esters is 1. The van der Waals surface area contributed by atoms with E-state index in [-0.39, 0.29) is 11.9 Å². The molecule has 0 saturated heterocycles. The summed E-state index contributed by atoms with van der Waals surface area (Å²) in [6, 6.07) is -0.602. The Labute approximate surface area is 84.0 Å². The van der Waals surface area contributed by atoms with E-state index in [0.717, 1.165) is 0 Å². The lowest BCUT2D eigenvalue weighted by Gasteiger charge is -2.11. The number of hydrogen-bond acceptors (Lipinski definition) is 4. The van der Waals surface area contributed by atoms with Crippen LogP contribution in [0.3, 0.4) is 0 Å². The van der Waals surface area contributed by atoms with Gasteiger partial charge in [0, 0.05) is 12.5 Å². The highest BCUT2D eigenvalue weighted by molar-refractivity contribution is 5.83. The van der Waals surface area contributed by atoms with Crippen LogP contribution in [0, 0.1) is 0 Å². The Bertz CT molecular complexity index is 204. The molecule has 0 aromatic heterocycles. The minimum absolute atomic E-state index is 0.00539. The smallest absolute Gasteiger partial charge is 0.328 e. The molecule has 0 rings (SSSR count). The summed E-state index contributed by atoms with van der Waals surface area (Å²) in [6.07, 6.45) is 0.943. The lowest BCUT2D eigenvalue weighted by atomic mass is 10.2. The number of ether oxygens (including phenoxy) is 1. The van der Waals surface area contributed by atoms with Crippen molar-refractivity contribution in [1.29, 1.82) is 0 Å². The van der Waals surface area contributed by atoms with Gasteiger partial charge in [-0.25, -0.2) is 4.79 Å². The molecule has 1 unspecified atom stereocenters. The van der Waals surface area contributed by atoms with Crippen molar-refractivity contribution in [3.8, 4) is 0 Å². The zero-order chi connectivity index (χ0) is 11.1. The Morgan fingerprint density at radius 2 is 2.00 bits per heavy atom. The standard InChI is InChI=1S/C9H18N2O3/c1-6(10)4-5-8(12)11-7(2)9(13)14-3/h6-7H,4-5,10H2,1-3H3,(H,11,12)/t6?,7-/m0/s1. The van der Waals surface area contributed by atoms with Crippen molar-refractivity contribution in [2.75, 3.05) is 7.11 Å². The molecule has 0 radical (unpaired) electrons. The molecule has 0 aliphatic rings. The zero-order valence-corrected chi connectivity index (χ0v) is 8.87. The summed E-state index contributed by atoms with van der Waals surface area (Å²) in [4.78, 5) is 22.1. The SMILES string of the molecule is COC(=O)[C@H](C)NC(=O)CCC(C)N. The fourth-order valence-electron chi connectivity index (χ4n) is 0.908. The quantitative estimate of drug-likeness (QED) is 0.604. The van der Waals surface area contributed by atoms with E-state index in [1.807, 2.05) is 6.92 Å². The molecule has 14 heavy (non-hydrogen) atoms. The summed E-state index contributed by atoms with van der Waals surface area (Å²) >= 11 is 0. The molecule has 5 nitrogen and oxygen atoms in total. The second-order valence-electron chi connectivity index (χ2n) is 3.33. The van der Waals surface area contributed by atoms with Gasteiger partial charge in [-0.2, -0.15) is 0 Å². The Morgan fingerprint density at radius 1 is 1.43 bits per heavy atom. The van der Waals surface area contributed by atoms with Crippen molar-refractivity contribution in [2.24, 2.45) is 5.73 Å². The summed E-state index contributed by atoms with van der Waals surface area (Å²) in [5.74, 6) is -0.626. The van der Waals surface area contributed by atoms with Gasteiger partial charge < -0.3 is 15.8 Å². The van der Waals surface area contributed by atoms with Gasteiger partial charge in [-0.05, 0) is 20.3 Å². The average molecular weight is 202 g/mol. The summed E-state index contributed by atoms with van der Waals surface area (Å²) in [7, 11) is 1.28. The maximum absolute atomic E-state index is 11.2. The molecule has 2 atom stereocenters. The molecule has 1 amide bonds. The fraction of sp³-hybridized carbons (Fsp3) is 0.778. The molecular weight excluding hydrogens is 184 g/mol. The highest BCUT2D eigenvalue weighted by Crippen LogP contribution is 1.94. The van der Waals surface area contributed by atoms with E-state index < -0.39 is 12.0 Å². The lowest BCUT2D eigenvalue weighted by molar-refractivity contribution is -0.144. The molecular formula is C9H18N2O3. The van der Waals surface area contributed by atoms with E-state index in [9.17, 15) is 9.59 Å². The monoisotopic (exact) mass is 202 g/mol. The Morgan fingerprint density at radius 3 is 2.43 bits per heavy atom. The normalized spacial score (nSPS) is 14.3. The molecule has 0 aromatic rings. The minimum atomic E-state index is -0.597. The van der Waals surface area contributed by atoms with E-state index in [4.69, 9.17) is 5.73 Å². The molecule has 0 bridgehead atoms. The minimum Gasteiger partial charge on any atom is -0.467 e. The van der Waals surface area contributed by atoms with E-state index in [1.54, 1.807) is 6.92 Å². The number of hydrogen-bond donors (Lipinski definition) is 2. The van der Waals surface area contributed by atoms with Crippen molar-refractivity contribution < 1.29 is 14.3 Å². The number of rotatable bonds is 5. The zero-order valence-electron chi connectivity index (χ0n) is 8.87. The van der Waals surface area contributed by atoms with Crippen LogP contribution in [0.4, 0.5) is 0 Å². The van der Waals surface area contributed by atoms with Crippen LogP contribution in [-0.4, -0.2) is 31.1 Å². The molecule has 3 N–H and O–H groups in total. The highest BCUT2D eigenvalue weighted by atomic mass is 16.5. The van der Waals surface area contributed by atoms with Gasteiger partial charge in [0.2, 0.25) is 5.91 Å². The first-order valence-corrected chi connectivity index (χ1v) is 4.60. The average Bonchev–Trinajstić information content (AvgIpc) is 2.13. The second kappa shape index (κ2) is 6.37. The van der Waals surface area contributed by atoms with Crippen LogP contribution in [0.1, 0.15) is 26.7 Å².